The molecule has 0 amide bonds. The Balaban J connectivity index is 0. The molecular formula is H8AlBiOZr. The van der Waals surface area contributed by atoms with E-state index in [-0.39, 0.29) is 75.2 Å². The van der Waals surface area contributed by atoms with Crippen molar-refractivity contribution in [2.45, 2.75) is 0 Å². The summed E-state index contributed by atoms with van der Waals surface area (Å²) in [4.78, 5) is 0. The molecule has 1 nitrogen and oxygen atoms in total. The molecule has 26 valence electrons. The minimum atomic E-state index is 0. The second-order valence-corrected chi connectivity index (χ2v) is 0. The largest absolute Gasteiger partial charge is 0 e. The van der Waals surface area contributed by atoms with Crippen molar-refractivity contribution in [1.29, 1.82) is 0 Å². The molecule has 0 aliphatic carbocycles. The molecule has 0 rings (SSSR count). The fourth-order valence-electron chi connectivity index (χ4n) is 0. The Labute approximate surface area is 74.2 Å². The fraction of sp³-hybridized carbons (Fsp3) is 0. The Bertz CT molecular complexity index is 8.00. The van der Waals surface area contributed by atoms with Crippen molar-refractivity contribution in [3.63, 3.8) is 0 Å². The fourth-order valence-corrected chi connectivity index (χ4v) is 0. The second kappa shape index (κ2) is 18.7. The van der Waals surface area contributed by atoms with Crippen LogP contribution in [0.2, 0.25) is 0 Å². The third-order valence-corrected chi connectivity index (χ3v) is 0. The van der Waals surface area contributed by atoms with E-state index >= 15 is 0 Å². The minimum Gasteiger partial charge on any atom is 0 e. The molecule has 0 aliphatic heterocycles. The van der Waals surface area contributed by atoms with Gasteiger partial charge in [0.15, 0.2) is 17.4 Å². The van der Waals surface area contributed by atoms with Crippen LogP contribution in [0.3, 0.4) is 0 Å². The molecule has 2 N–H and O–H groups in total. The molecule has 0 saturated heterocycles. The van der Waals surface area contributed by atoms with Crippen molar-refractivity contribution in [3.8, 4) is 0 Å². The van der Waals surface area contributed by atoms with Crippen molar-refractivity contribution in [1.82, 2.24) is 0 Å². The predicted molar refractivity (Wildman–Crippen MR) is 23.5 cm³/mol. The van der Waals surface area contributed by atoms with Gasteiger partial charge in [0, 0.05) is 26.2 Å². The summed E-state index contributed by atoms with van der Waals surface area (Å²) in [6, 6.07) is 0. The Morgan fingerprint density at radius 1 is 1.00 bits per heavy atom. The van der Waals surface area contributed by atoms with Gasteiger partial charge < -0.3 is 5.48 Å². The van der Waals surface area contributed by atoms with E-state index in [1.54, 1.807) is 0 Å². The molecule has 0 unspecified atom stereocenters. The van der Waals surface area contributed by atoms with Gasteiger partial charge in [-0.3, -0.25) is 0 Å². The van der Waals surface area contributed by atoms with Crippen LogP contribution in [0, 0.1) is 0 Å². The quantitative estimate of drug-likeness (QED) is 0.412. The summed E-state index contributed by atoms with van der Waals surface area (Å²) in [5.74, 6) is 0. The molecule has 0 radical (unpaired) electrons. The molecule has 4 heteroatoms. The van der Waals surface area contributed by atoms with Crippen LogP contribution in [-0.4, -0.2) is 49.0 Å². The van der Waals surface area contributed by atoms with E-state index in [0.29, 0.717) is 0 Å². The van der Waals surface area contributed by atoms with Crippen molar-refractivity contribution in [2.75, 3.05) is 0 Å². The molecular weight excluding hydrogens is 343 g/mol. The summed E-state index contributed by atoms with van der Waals surface area (Å²) in [7, 11) is 0. The average molecular weight is 351 g/mol. The maximum absolute atomic E-state index is 0. The first kappa shape index (κ1) is 33.9. The molecule has 0 aromatic heterocycles. The monoisotopic (exact) mass is 350 g/mol. The van der Waals surface area contributed by atoms with E-state index in [1.165, 1.54) is 0 Å². The summed E-state index contributed by atoms with van der Waals surface area (Å²) in [6.45, 7) is 0. The molecule has 0 heterocycles. The van der Waals surface area contributed by atoms with Gasteiger partial charge in [0.25, 0.3) is 0 Å². The first-order chi connectivity index (χ1) is 0. The van der Waals surface area contributed by atoms with Gasteiger partial charge >= 0.3 is 26.2 Å². The van der Waals surface area contributed by atoms with E-state index < -0.39 is 0 Å². The van der Waals surface area contributed by atoms with Crippen LogP contribution in [0.25, 0.3) is 0 Å². The Morgan fingerprint density at radius 2 is 1.00 bits per heavy atom. The molecule has 0 fully saturated rings. The third kappa shape index (κ3) is 8.86. The number of hydrogen-bond acceptors (Lipinski definition) is 0. The summed E-state index contributed by atoms with van der Waals surface area (Å²) < 4.78 is 0. The molecule has 0 atom stereocenters. The molecule has 0 bridgehead atoms. The van der Waals surface area contributed by atoms with E-state index in [4.69, 9.17) is 0 Å². The summed E-state index contributed by atoms with van der Waals surface area (Å²) >= 11 is 0. The Morgan fingerprint density at radius 3 is 1.00 bits per heavy atom. The smallest absolute Gasteiger partial charge is 0 e. The predicted octanol–water partition coefficient (Wildman–Crippen LogP) is -3.20. The van der Waals surface area contributed by atoms with Crippen LogP contribution in [-0.2, 0) is 26.2 Å². The maximum atomic E-state index is 0. The van der Waals surface area contributed by atoms with E-state index in [9.17, 15) is 0 Å². The van der Waals surface area contributed by atoms with Gasteiger partial charge in [-0.1, -0.05) is 0 Å². The van der Waals surface area contributed by atoms with E-state index in [1.807, 2.05) is 0 Å². The van der Waals surface area contributed by atoms with Gasteiger partial charge in [0.05, 0.1) is 0 Å². The van der Waals surface area contributed by atoms with Crippen LogP contribution in [0.1, 0.15) is 0 Å². The second-order valence-electron chi connectivity index (χ2n) is 0. The summed E-state index contributed by atoms with van der Waals surface area (Å²) in [5.41, 5.74) is 0. The van der Waals surface area contributed by atoms with Gasteiger partial charge in [-0.2, -0.15) is 0 Å². The van der Waals surface area contributed by atoms with Gasteiger partial charge in [0.1, 0.15) is 0 Å². The van der Waals surface area contributed by atoms with Crippen molar-refractivity contribution >= 4 is 43.6 Å². The zero-order chi connectivity index (χ0) is 0. The first-order valence-electron chi connectivity index (χ1n) is 0. The van der Waals surface area contributed by atoms with Crippen LogP contribution < -0.4 is 0 Å². The van der Waals surface area contributed by atoms with Crippen LogP contribution >= 0.6 is 0 Å². The van der Waals surface area contributed by atoms with E-state index in [0.717, 1.165) is 0 Å². The number of hydrogen-bond donors (Lipinski definition) is 0. The molecule has 4 heavy (non-hydrogen) atoms. The maximum Gasteiger partial charge on any atom is 0 e. The first-order valence-corrected chi connectivity index (χ1v) is 0. The zero-order valence-corrected chi connectivity index (χ0v) is 9.66. The minimum absolute atomic E-state index is 0. The molecule has 0 aromatic carbocycles. The van der Waals surface area contributed by atoms with Gasteiger partial charge in [0.2, 0.25) is 0 Å². The topological polar surface area (TPSA) is 31.5 Å². The van der Waals surface area contributed by atoms with Crippen molar-refractivity contribution in [3.05, 3.63) is 0 Å². The van der Waals surface area contributed by atoms with Gasteiger partial charge in [-0.05, 0) is 0 Å². The Hall–Kier alpha value is 2.26. The SMILES string of the molecule is O.[AlH3].[BiH3].[Zr]. The summed E-state index contributed by atoms with van der Waals surface area (Å²) in [5, 5.41) is 0. The summed E-state index contributed by atoms with van der Waals surface area (Å²) in [6.07, 6.45) is 0. The molecule has 0 aromatic rings. The normalized spacial score (nSPS) is 0. The standard InChI is InChI=1S/Al.Bi.H2O.Zr.6H/h;;1H2;;;;;;;. The van der Waals surface area contributed by atoms with E-state index in [2.05, 4.69) is 0 Å². The van der Waals surface area contributed by atoms with Gasteiger partial charge in [-0.15, -0.1) is 0 Å². The van der Waals surface area contributed by atoms with Crippen LogP contribution in [0.15, 0.2) is 0 Å². The molecule has 0 aliphatic rings. The van der Waals surface area contributed by atoms with Crippen molar-refractivity contribution < 1.29 is 31.7 Å². The Kier molecular flexibility index (Phi) is 159. The van der Waals surface area contributed by atoms with Crippen molar-refractivity contribution in [2.24, 2.45) is 0 Å². The van der Waals surface area contributed by atoms with Crippen LogP contribution in [0.4, 0.5) is 0 Å². The van der Waals surface area contributed by atoms with Gasteiger partial charge in [-0.25, -0.2) is 0 Å². The average Bonchev–Trinajstić information content (AvgIpc) is 0. The molecule has 0 saturated carbocycles. The molecule has 0 spiro atoms. The van der Waals surface area contributed by atoms with Crippen LogP contribution in [0.5, 0.6) is 0 Å². The third-order valence-electron chi connectivity index (χ3n) is 0. The zero-order valence-electron chi connectivity index (χ0n) is 1.71. The number of rotatable bonds is 0.